The van der Waals surface area contributed by atoms with Crippen molar-refractivity contribution in [2.45, 2.75) is 13.0 Å². The molecule has 0 heterocycles. The second-order valence-electron chi connectivity index (χ2n) is 4.04. The quantitative estimate of drug-likeness (QED) is 0.791. The van der Waals surface area contributed by atoms with E-state index in [1.807, 2.05) is 25.1 Å². The number of hydrogen-bond donors (Lipinski definition) is 2. The summed E-state index contributed by atoms with van der Waals surface area (Å²) < 4.78 is 0. The van der Waals surface area contributed by atoms with E-state index in [1.54, 1.807) is 25.1 Å². The molecule has 0 aliphatic rings. The molecule has 1 atom stereocenters. The van der Waals surface area contributed by atoms with Crippen molar-refractivity contribution in [3.05, 3.63) is 29.8 Å². The summed E-state index contributed by atoms with van der Waals surface area (Å²) in [5, 5.41) is 2.53. The van der Waals surface area contributed by atoms with Gasteiger partial charge in [0.25, 0.3) is 5.91 Å². The van der Waals surface area contributed by atoms with Gasteiger partial charge >= 0.3 is 0 Å². The molecule has 5 nitrogen and oxygen atoms in total. The largest absolute Gasteiger partial charge is 0.378 e. The molecule has 0 aromatic heterocycles. The molecule has 17 heavy (non-hydrogen) atoms. The van der Waals surface area contributed by atoms with Crippen LogP contribution >= 0.6 is 0 Å². The van der Waals surface area contributed by atoms with Crippen LogP contribution in [0.3, 0.4) is 0 Å². The van der Waals surface area contributed by atoms with Crippen LogP contribution in [-0.2, 0) is 4.79 Å². The zero-order valence-electron chi connectivity index (χ0n) is 10.2. The number of benzene rings is 1. The second kappa shape index (κ2) is 5.34. The summed E-state index contributed by atoms with van der Waals surface area (Å²) in [6.07, 6.45) is 0. The smallest absolute Gasteiger partial charge is 0.251 e. The Bertz CT molecular complexity index is 430. The average molecular weight is 235 g/mol. The lowest BCUT2D eigenvalue weighted by Crippen LogP contribution is -2.42. The predicted octanol–water partition coefficient (Wildman–Crippen LogP) is 0.356. The molecule has 0 aliphatic heterocycles. The van der Waals surface area contributed by atoms with Gasteiger partial charge in [0.05, 0.1) is 0 Å². The fourth-order valence-corrected chi connectivity index (χ4v) is 1.28. The van der Waals surface area contributed by atoms with Gasteiger partial charge in [0.2, 0.25) is 5.91 Å². The predicted molar refractivity (Wildman–Crippen MR) is 66.9 cm³/mol. The van der Waals surface area contributed by atoms with Crippen molar-refractivity contribution in [2.24, 2.45) is 5.73 Å². The Hall–Kier alpha value is -2.04. The summed E-state index contributed by atoms with van der Waals surface area (Å²) in [4.78, 5) is 24.5. The SMILES string of the molecule is C[C@H](NC(=O)c1cccc(N(C)C)c1)C(N)=O. The minimum atomic E-state index is -0.675. The van der Waals surface area contributed by atoms with Gasteiger partial charge in [-0.1, -0.05) is 6.07 Å². The number of nitrogens with one attached hydrogen (secondary N) is 1. The molecule has 0 unspecified atom stereocenters. The number of nitrogens with zero attached hydrogens (tertiary/aromatic N) is 1. The Morgan fingerprint density at radius 3 is 2.53 bits per heavy atom. The molecule has 0 saturated heterocycles. The van der Waals surface area contributed by atoms with Crippen LogP contribution in [0.4, 0.5) is 5.69 Å². The second-order valence-corrected chi connectivity index (χ2v) is 4.04. The van der Waals surface area contributed by atoms with Crippen LogP contribution in [0, 0.1) is 0 Å². The number of carbonyl (C=O) groups is 2. The summed E-state index contributed by atoms with van der Waals surface area (Å²) >= 11 is 0. The first-order valence-corrected chi connectivity index (χ1v) is 5.29. The van der Waals surface area contributed by atoms with E-state index in [4.69, 9.17) is 5.73 Å². The third kappa shape index (κ3) is 3.48. The van der Waals surface area contributed by atoms with Crippen molar-refractivity contribution in [1.29, 1.82) is 0 Å². The molecule has 3 N–H and O–H groups in total. The van der Waals surface area contributed by atoms with Gasteiger partial charge in [-0.05, 0) is 25.1 Å². The van der Waals surface area contributed by atoms with Gasteiger partial charge in [-0.15, -0.1) is 0 Å². The molecule has 0 bridgehead atoms. The maximum atomic E-state index is 11.8. The third-order valence-corrected chi connectivity index (χ3v) is 2.40. The van der Waals surface area contributed by atoms with Crippen molar-refractivity contribution in [3.8, 4) is 0 Å². The Labute approximate surface area is 101 Å². The zero-order valence-corrected chi connectivity index (χ0v) is 10.2. The van der Waals surface area contributed by atoms with Crippen LogP contribution in [0.25, 0.3) is 0 Å². The maximum absolute atomic E-state index is 11.8. The molecule has 5 heteroatoms. The minimum Gasteiger partial charge on any atom is -0.378 e. The first-order valence-electron chi connectivity index (χ1n) is 5.29. The fourth-order valence-electron chi connectivity index (χ4n) is 1.28. The number of anilines is 1. The molecule has 1 aromatic rings. The lowest BCUT2D eigenvalue weighted by molar-refractivity contribution is -0.119. The summed E-state index contributed by atoms with van der Waals surface area (Å²) in [7, 11) is 3.78. The lowest BCUT2D eigenvalue weighted by Gasteiger charge is -2.14. The van der Waals surface area contributed by atoms with E-state index in [0.29, 0.717) is 5.56 Å². The van der Waals surface area contributed by atoms with E-state index >= 15 is 0 Å². The van der Waals surface area contributed by atoms with Crippen molar-refractivity contribution >= 4 is 17.5 Å². The van der Waals surface area contributed by atoms with E-state index in [1.165, 1.54) is 0 Å². The van der Waals surface area contributed by atoms with Gasteiger partial charge in [-0.25, -0.2) is 0 Å². The number of amides is 2. The van der Waals surface area contributed by atoms with Crippen LogP contribution in [-0.4, -0.2) is 32.0 Å². The highest BCUT2D eigenvalue weighted by Gasteiger charge is 2.13. The molecule has 0 spiro atoms. The first kappa shape index (κ1) is 13.0. The molecular weight excluding hydrogens is 218 g/mol. The maximum Gasteiger partial charge on any atom is 0.251 e. The molecular formula is C12H17N3O2. The summed E-state index contributed by atoms with van der Waals surface area (Å²) in [6, 6.07) is 6.46. The van der Waals surface area contributed by atoms with Crippen LogP contribution in [0.2, 0.25) is 0 Å². The Kier molecular flexibility index (Phi) is 4.09. The van der Waals surface area contributed by atoms with Gasteiger partial charge in [0.15, 0.2) is 0 Å². The van der Waals surface area contributed by atoms with E-state index in [-0.39, 0.29) is 5.91 Å². The number of carbonyl (C=O) groups excluding carboxylic acids is 2. The van der Waals surface area contributed by atoms with Crippen LogP contribution in [0.1, 0.15) is 17.3 Å². The number of rotatable bonds is 4. The van der Waals surface area contributed by atoms with Crippen LogP contribution in [0.5, 0.6) is 0 Å². The van der Waals surface area contributed by atoms with Crippen molar-refractivity contribution < 1.29 is 9.59 Å². The molecule has 1 rings (SSSR count). The zero-order chi connectivity index (χ0) is 13.0. The highest BCUT2D eigenvalue weighted by molar-refractivity contribution is 5.97. The molecule has 0 fully saturated rings. The molecule has 0 aliphatic carbocycles. The van der Waals surface area contributed by atoms with Gasteiger partial charge in [0.1, 0.15) is 6.04 Å². The van der Waals surface area contributed by atoms with E-state index in [2.05, 4.69) is 5.32 Å². The van der Waals surface area contributed by atoms with Gasteiger partial charge in [-0.2, -0.15) is 0 Å². The van der Waals surface area contributed by atoms with E-state index < -0.39 is 11.9 Å². The summed E-state index contributed by atoms with van der Waals surface area (Å²) in [5.74, 6) is -0.859. The standard InChI is InChI=1S/C12H17N3O2/c1-8(11(13)16)14-12(17)9-5-4-6-10(7-9)15(2)3/h4-8H,1-3H3,(H2,13,16)(H,14,17)/t8-/m0/s1. The van der Waals surface area contributed by atoms with Crippen molar-refractivity contribution in [1.82, 2.24) is 5.32 Å². The fraction of sp³-hybridized carbons (Fsp3) is 0.333. The van der Waals surface area contributed by atoms with Gasteiger partial charge < -0.3 is 16.0 Å². The number of hydrogen-bond acceptors (Lipinski definition) is 3. The van der Waals surface area contributed by atoms with E-state index in [0.717, 1.165) is 5.69 Å². The Morgan fingerprint density at radius 2 is 2.00 bits per heavy atom. The van der Waals surface area contributed by atoms with Crippen LogP contribution in [0.15, 0.2) is 24.3 Å². The third-order valence-electron chi connectivity index (χ3n) is 2.40. The first-order chi connectivity index (χ1) is 7.91. The van der Waals surface area contributed by atoms with Crippen molar-refractivity contribution in [2.75, 3.05) is 19.0 Å². The van der Waals surface area contributed by atoms with Crippen molar-refractivity contribution in [3.63, 3.8) is 0 Å². The molecule has 0 radical (unpaired) electrons. The summed E-state index contributed by atoms with van der Waals surface area (Å²) in [5.41, 5.74) is 6.50. The molecule has 2 amide bonds. The van der Waals surface area contributed by atoms with E-state index in [9.17, 15) is 9.59 Å². The normalized spacial score (nSPS) is 11.7. The molecule has 0 saturated carbocycles. The average Bonchev–Trinajstić information content (AvgIpc) is 2.28. The van der Waals surface area contributed by atoms with Crippen LogP contribution < -0.4 is 16.0 Å². The highest BCUT2D eigenvalue weighted by Crippen LogP contribution is 2.13. The topological polar surface area (TPSA) is 75.4 Å². The lowest BCUT2D eigenvalue weighted by atomic mass is 10.1. The molecule has 1 aromatic carbocycles. The summed E-state index contributed by atoms with van der Waals surface area (Å²) in [6.45, 7) is 1.55. The number of nitrogens with two attached hydrogens (primary N) is 1. The monoisotopic (exact) mass is 235 g/mol. The van der Waals surface area contributed by atoms with Gasteiger partial charge in [0, 0.05) is 25.3 Å². The molecule has 92 valence electrons. The Balaban J connectivity index is 2.82. The number of primary amides is 1. The van der Waals surface area contributed by atoms with Gasteiger partial charge in [-0.3, -0.25) is 9.59 Å². The highest BCUT2D eigenvalue weighted by atomic mass is 16.2. The Morgan fingerprint density at radius 1 is 1.35 bits per heavy atom. The minimum absolute atomic E-state index is 0.306.